The van der Waals surface area contributed by atoms with Gasteiger partial charge in [0.2, 0.25) is 0 Å². The van der Waals surface area contributed by atoms with Gasteiger partial charge in [0.05, 0.1) is 5.41 Å². The molecule has 0 fully saturated rings. The lowest BCUT2D eigenvalue weighted by molar-refractivity contribution is -0.151. The minimum absolute atomic E-state index is 0.0296. The Balaban J connectivity index is 5.39. The molecule has 1 N–H and O–H groups in total. The van der Waals surface area contributed by atoms with Gasteiger partial charge in [0.1, 0.15) is 0 Å². The zero-order valence-electron chi connectivity index (χ0n) is 18.3. The van der Waals surface area contributed by atoms with Crippen LogP contribution in [0.4, 0.5) is 0 Å². The summed E-state index contributed by atoms with van der Waals surface area (Å²) in [4.78, 5) is 11.8. The maximum Gasteiger partial charge on any atom is 0.309 e. The van der Waals surface area contributed by atoms with Crippen molar-refractivity contribution in [3.63, 3.8) is 0 Å². The van der Waals surface area contributed by atoms with Gasteiger partial charge in [-0.25, -0.2) is 0 Å². The molecule has 0 aliphatic heterocycles. The molecule has 2 nitrogen and oxygen atoms in total. The summed E-state index contributed by atoms with van der Waals surface area (Å²) in [5, 5.41) is 9.67. The van der Waals surface area contributed by atoms with E-state index < -0.39 is 11.4 Å². The van der Waals surface area contributed by atoms with E-state index in [4.69, 9.17) is 0 Å². The van der Waals surface area contributed by atoms with E-state index in [9.17, 15) is 9.90 Å². The monoisotopic (exact) mass is 350 g/mol. The van der Waals surface area contributed by atoms with Gasteiger partial charge in [0.15, 0.2) is 0 Å². The Morgan fingerprint density at radius 2 is 1.56 bits per heavy atom. The predicted octanol–water partition coefficient (Wildman–Crippen LogP) is 7.26. The average Bonchev–Trinajstić information content (AvgIpc) is 2.44. The molecular weight excluding hydrogens is 308 g/mol. The van der Waals surface area contributed by atoms with E-state index in [0.29, 0.717) is 12.8 Å². The first-order valence-electron chi connectivity index (χ1n) is 9.70. The summed E-state index contributed by atoms with van der Waals surface area (Å²) in [6, 6.07) is 0. The van der Waals surface area contributed by atoms with Crippen LogP contribution >= 0.6 is 0 Å². The Morgan fingerprint density at radius 1 is 1.04 bits per heavy atom. The van der Waals surface area contributed by atoms with Crippen LogP contribution in [0.25, 0.3) is 0 Å². The third kappa shape index (κ3) is 6.64. The number of hydrogen-bond acceptors (Lipinski definition) is 1. The van der Waals surface area contributed by atoms with Crippen molar-refractivity contribution in [2.45, 2.75) is 94.4 Å². The molecule has 0 aromatic rings. The van der Waals surface area contributed by atoms with Crippen LogP contribution in [0.2, 0.25) is 0 Å². The Labute approximate surface area is 156 Å². The highest BCUT2D eigenvalue weighted by molar-refractivity contribution is 5.74. The fourth-order valence-corrected chi connectivity index (χ4v) is 3.88. The van der Waals surface area contributed by atoms with Gasteiger partial charge in [-0.1, -0.05) is 66.2 Å². The highest BCUT2D eigenvalue weighted by Crippen LogP contribution is 2.50. The van der Waals surface area contributed by atoms with Gasteiger partial charge >= 0.3 is 5.97 Å². The van der Waals surface area contributed by atoms with Crippen molar-refractivity contribution in [2.75, 3.05) is 0 Å². The number of rotatable bonds is 11. The van der Waals surface area contributed by atoms with Crippen LogP contribution in [-0.4, -0.2) is 11.1 Å². The fourth-order valence-electron chi connectivity index (χ4n) is 3.88. The molecule has 0 radical (unpaired) electrons. The zero-order chi connectivity index (χ0) is 20.1. The van der Waals surface area contributed by atoms with Gasteiger partial charge in [-0.05, 0) is 62.2 Å². The van der Waals surface area contributed by atoms with Crippen LogP contribution in [0.15, 0.2) is 24.3 Å². The van der Waals surface area contributed by atoms with Gasteiger partial charge in [0, 0.05) is 0 Å². The second-order valence-electron chi connectivity index (χ2n) is 9.96. The first-order chi connectivity index (χ1) is 11.1. The average molecular weight is 351 g/mol. The van der Waals surface area contributed by atoms with Gasteiger partial charge in [-0.2, -0.15) is 0 Å². The molecule has 0 aliphatic rings. The number of carboxylic acids is 1. The Bertz CT molecular complexity index is 498. The first kappa shape index (κ1) is 23.9. The summed E-state index contributed by atoms with van der Waals surface area (Å²) in [5.41, 5.74) is 0.628. The van der Waals surface area contributed by atoms with E-state index in [1.807, 2.05) is 13.8 Å². The van der Waals surface area contributed by atoms with Crippen molar-refractivity contribution in [2.24, 2.45) is 21.7 Å². The normalized spacial score (nSPS) is 18.0. The molecule has 2 atom stereocenters. The largest absolute Gasteiger partial charge is 0.481 e. The summed E-state index contributed by atoms with van der Waals surface area (Å²) in [5.74, 6) is -0.687. The number of carboxylic acid groups (broad SMARTS) is 1. The topological polar surface area (TPSA) is 37.3 Å². The quantitative estimate of drug-likeness (QED) is 0.398. The van der Waals surface area contributed by atoms with E-state index in [-0.39, 0.29) is 16.2 Å². The summed E-state index contributed by atoms with van der Waals surface area (Å²) in [6.07, 6.45) is 9.00. The lowest BCUT2D eigenvalue weighted by atomic mass is 9.58. The van der Waals surface area contributed by atoms with E-state index in [1.54, 1.807) is 0 Å². The second-order valence-corrected chi connectivity index (χ2v) is 9.96. The number of carbonyl (C=O) groups is 1. The smallest absolute Gasteiger partial charge is 0.309 e. The molecule has 25 heavy (non-hydrogen) atoms. The summed E-state index contributed by atoms with van der Waals surface area (Å²) < 4.78 is 0. The molecule has 0 saturated heterocycles. The second kappa shape index (κ2) is 8.56. The van der Waals surface area contributed by atoms with Crippen molar-refractivity contribution in [3.05, 3.63) is 24.3 Å². The molecule has 0 saturated carbocycles. The molecule has 0 spiro atoms. The molecule has 2 heteroatoms. The summed E-state index contributed by atoms with van der Waals surface area (Å²) in [6.45, 7) is 23.4. The lowest BCUT2D eigenvalue weighted by Crippen LogP contribution is -2.40. The van der Waals surface area contributed by atoms with Crippen molar-refractivity contribution < 1.29 is 9.90 Å². The molecule has 0 amide bonds. The van der Waals surface area contributed by atoms with Gasteiger partial charge in [0.25, 0.3) is 0 Å². The van der Waals surface area contributed by atoms with Gasteiger partial charge < -0.3 is 5.11 Å². The Morgan fingerprint density at radius 3 is 1.92 bits per heavy atom. The molecule has 0 aliphatic carbocycles. The molecule has 0 bridgehead atoms. The van der Waals surface area contributed by atoms with Crippen LogP contribution in [0.5, 0.6) is 0 Å². The molecule has 146 valence electrons. The number of hydrogen-bond donors (Lipinski definition) is 1. The minimum Gasteiger partial charge on any atom is -0.481 e. The SMILES string of the molecule is C=C(C)CC(C)(C)CC=CC(C)(CC)C(C)(C)CC(C)(CC)C(=O)O. The van der Waals surface area contributed by atoms with Crippen LogP contribution in [0, 0.1) is 21.7 Å². The predicted molar refractivity (Wildman–Crippen MR) is 110 cm³/mol. The van der Waals surface area contributed by atoms with Crippen molar-refractivity contribution in [1.29, 1.82) is 0 Å². The Hall–Kier alpha value is -1.05. The van der Waals surface area contributed by atoms with Crippen LogP contribution in [0.3, 0.4) is 0 Å². The van der Waals surface area contributed by atoms with Crippen LogP contribution in [0.1, 0.15) is 94.4 Å². The van der Waals surface area contributed by atoms with Crippen LogP contribution in [-0.2, 0) is 4.79 Å². The first-order valence-corrected chi connectivity index (χ1v) is 9.70. The molecule has 0 heterocycles. The maximum absolute atomic E-state index is 11.8. The van der Waals surface area contributed by atoms with E-state index in [1.165, 1.54) is 5.57 Å². The van der Waals surface area contributed by atoms with Crippen molar-refractivity contribution in [3.8, 4) is 0 Å². The lowest BCUT2D eigenvalue weighted by Gasteiger charge is -2.46. The summed E-state index contributed by atoms with van der Waals surface area (Å²) in [7, 11) is 0. The van der Waals surface area contributed by atoms with E-state index >= 15 is 0 Å². The number of aliphatic carboxylic acids is 1. The van der Waals surface area contributed by atoms with Gasteiger partial charge in [-0.3, -0.25) is 4.79 Å². The number of allylic oxidation sites excluding steroid dienone is 3. The van der Waals surface area contributed by atoms with Gasteiger partial charge in [-0.15, -0.1) is 6.58 Å². The van der Waals surface area contributed by atoms with E-state index in [2.05, 4.69) is 67.2 Å². The fraction of sp³-hybridized carbons (Fsp3) is 0.783. The Kier molecular flexibility index (Phi) is 8.20. The van der Waals surface area contributed by atoms with Crippen molar-refractivity contribution >= 4 is 5.97 Å². The molecule has 0 aromatic heterocycles. The van der Waals surface area contributed by atoms with E-state index in [0.717, 1.165) is 19.3 Å². The third-order valence-electron chi connectivity index (χ3n) is 6.35. The maximum atomic E-state index is 11.8. The summed E-state index contributed by atoms with van der Waals surface area (Å²) >= 11 is 0. The highest BCUT2D eigenvalue weighted by atomic mass is 16.4. The molecular formula is C23H42O2. The third-order valence-corrected chi connectivity index (χ3v) is 6.35. The van der Waals surface area contributed by atoms with Crippen LogP contribution < -0.4 is 0 Å². The molecule has 0 rings (SSSR count). The highest BCUT2D eigenvalue weighted by Gasteiger charge is 2.45. The zero-order valence-corrected chi connectivity index (χ0v) is 18.3. The minimum atomic E-state index is -0.687. The molecule has 0 aromatic carbocycles. The van der Waals surface area contributed by atoms with Crippen molar-refractivity contribution in [1.82, 2.24) is 0 Å². The molecule has 2 unspecified atom stereocenters. The standard InChI is InChI=1S/C23H42O2/c1-11-22(9,19(24)25)17-21(7,8)23(10,12-2)15-13-14-20(5,6)16-18(3)4/h13,15H,3,11-12,14,16-17H2,1-2,4-10H3,(H,24,25).